The molecule has 1 spiro atoms. The lowest BCUT2D eigenvalue weighted by Gasteiger charge is -2.42. The normalized spacial score (nSPS) is 21.9. The monoisotopic (exact) mass is 427 g/mol. The number of benzene rings is 2. The van der Waals surface area contributed by atoms with Crippen LogP contribution in [0.2, 0.25) is 0 Å². The number of pyridine rings is 1. The minimum atomic E-state index is -0.801. The summed E-state index contributed by atoms with van der Waals surface area (Å²) in [7, 11) is 0. The molecular formula is C27H29N3O2. The van der Waals surface area contributed by atoms with Gasteiger partial charge in [0.15, 0.2) is 5.60 Å². The van der Waals surface area contributed by atoms with Gasteiger partial charge in [0, 0.05) is 50.7 Å². The molecule has 1 atom stereocenters. The largest absolute Gasteiger partial charge is 0.362 e. The second-order valence-corrected chi connectivity index (χ2v) is 8.70. The van der Waals surface area contributed by atoms with Crippen molar-refractivity contribution in [3.63, 3.8) is 0 Å². The van der Waals surface area contributed by atoms with Crippen molar-refractivity contribution in [1.82, 2.24) is 14.8 Å². The highest BCUT2D eigenvalue weighted by atomic mass is 16.5. The van der Waals surface area contributed by atoms with Gasteiger partial charge in [0.1, 0.15) is 0 Å². The summed E-state index contributed by atoms with van der Waals surface area (Å²) in [5.74, 6) is 0.114. The molecule has 2 aliphatic rings. The minimum absolute atomic E-state index is 0.114. The van der Waals surface area contributed by atoms with Crippen LogP contribution < -0.4 is 0 Å². The van der Waals surface area contributed by atoms with E-state index in [2.05, 4.69) is 52.4 Å². The fourth-order valence-electron chi connectivity index (χ4n) is 4.81. The van der Waals surface area contributed by atoms with Crippen LogP contribution in [0.25, 0.3) is 10.9 Å². The van der Waals surface area contributed by atoms with Gasteiger partial charge in [0.05, 0.1) is 12.1 Å². The van der Waals surface area contributed by atoms with Gasteiger partial charge in [0.25, 0.3) is 5.91 Å². The third kappa shape index (κ3) is 4.31. The number of hydrogen-bond acceptors (Lipinski definition) is 4. The number of ether oxygens (including phenoxy) is 1. The smallest absolute Gasteiger partial charge is 0.256 e. The third-order valence-corrected chi connectivity index (χ3v) is 6.53. The van der Waals surface area contributed by atoms with Crippen molar-refractivity contribution in [2.24, 2.45) is 0 Å². The van der Waals surface area contributed by atoms with Crippen LogP contribution in [0.3, 0.4) is 0 Å². The lowest BCUT2D eigenvalue weighted by Crippen LogP contribution is -2.60. The lowest BCUT2D eigenvalue weighted by molar-refractivity contribution is -0.170. The summed E-state index contributed by atoms with van der Waals surface area (Å²) in [6.45, 7) is 4.12. The van der Waals surface area contributed by atoms with Gasteiger partial charge in [-0.15, -0.1) is 0 Å². The Morgan fingerprint density at radius 3 is 2.75 bits per heavy atom. The van der Waals surface area contributed by atoms with E-state index in [9.17, 15) is 4.79 Å². The van der Waals surface area contributed by atoms with Gasteiger partial charge in [-0.25, -0.2) is 0 Å². The van der Waals surface area contributed by atoms with Gasteiger partial charge in [0.2, 0.25) is 0 Å². The number of para-hydroxylation sites is 1. The van der Waals surface area contributed by atoms with Crippen LogP contribution >= 0.6 is 0 Å². The van der Waals surface area contributed by atoms with E-state index in [1.165, 1.54) is 16.5 Å². The van der Waals surface area contributed by atoms with Crippen LogP contribution in [0.4, 0.5) is 0 Å². The second-order valence-electron chi connectivity index (χ2n) is 8.70. The average Bonchev–Trinajstić information content (AvgIpc) is 2.98. The van der Waals surface area contributed by atoms with E-state index in [0.29, 0.717) is 32.7 Å². The summed E-state index contributed by atoms with van der Waals surface area (Å²) < 4.78 is 6.24. The van der Waals surface area contributed by atoms with Crippen molar-refractivity contribution >= 4 is 16.8 Å². The van der Waals surface area contributed by atoms with E-state index < -0.39 is 5.60 Å². The van der Waals surface area contributed by atoms with E-state index in [4.69, 9.17) is 4.74 Å². The Morgan fingerprint density at radius 1 is 1.00 bits per heavy atom. The van der Waals surface area contributed by atoms with Crippen LogP contribution in [-0.2, 0) is 22.5 Å². The van der Waals surface area contributed by atoms with Gasteiger partial charge in [-0.3, -0.25) is 14.7 Å². The maximum absolute atomic E-state index is 13.7. The fourth-order valence-corrected chi connectivity index (χ4v) is 4.81. The summed E-state index contributed by atoms with van der Waals surface area (Å²) in [4.78, 5) is 22.5. The zero-order chi connectivity index (χ0) is 21.8. The van der Waals surface area contributed by atoms with Crippen LogP contribution in [-0.4, -0.2) is 59.1 Å². The van der Waals surface area contributed by atoms with E-state index >= 15 is 0 Å². The van der Waals surface area contributed by atoms with Gasteiger partial charge < -0.3 is 9.64 Å². The maximum Gasteiger partial charge on any atom is 0.256 e. The predicted octanol–water partition coefficient (Wildman–Crippen LogP) is 3.84. The molecule has 3 aromatic rings. The highest BCUT2D eigenvalue weighted by Crippen LogP contribution is 2.29. The predicted molar refractivity (Wildman–Crippen MR) is 126 cm³/mol. The molecule has 1 unspecified atom stereocenters. The zero-order valence-corrected chi connectivity index (χ0v) is 18.3. The number of carbonyl (C=O) groups excluding carboxylic acids is 1. The Kier molecular flexibility index (Phi) is 6.02. The first-order chi connectivity index (χ1) is 15.7. The van der Waals surface area contributed by atoms with Crippen molar-refractivity contribution in [2.75, 3.05) is 32.8 Å². The molecule has 2 aromatic carbocycles. The van der Waals surface area contributed by atoms with Gasteiger partial charge in [-0.05, 0) is 29.7 Å². The van der Waals surface area contributed by atoms with E-state index in [0.717, 1.165) is 25.0 Å². The molecule has 0 aliphatic carbocycles. The molecule has 2 aliphatic heterocycles. The molecule has 5 nitrogen and oxygen atoms in total. The molecule has 5 heteroatoms. The van der Waals surface area contributed by atoms with Crippen LogP contribution in [0.1, 0.15) is 17.5 Å². The molecule has 1 saturated heterocycles. The van der Waals surface area contributed by atoms with Crippen LogP contribution in [0.15, 0.2) is 79.0 Å². The number of rotatable bonds is 5. The van der Waals surface area contributed by atoms with Crippen molar-refractivity contribution in [3.8, 4) is 0 Å². The average molecular weight is 428 g/mol. The number of aromatic nitrogens is 1. The number of hydrogen-bond donors (Lipinski definition) is 0. The number of carbonyl (C=O) groups is 1. The zero-order valence-electron chi connectivity index (χ0n) is 18.3. The highest BCUT2D eigenvalue weighted by Gasteiger charge is 2.45. The Morgan fingerprint density at radius 2 is 1.84 bits per heavy atom. The maximum atomic E-state index is 13.7. The lowest BCUT2D eigenvalue weighted by atomic mass is 9.95. The number of amides is 1. The van der Waals surface area contributed by atoms with E-state index in [-0.39, 0.29) is 5.91 Å². The van der Waals surface area contributed by atoms with E-state index in [1.54, 1.807) is 0 Å². The number of morpholine rings is 1. The minimum Gasteiger partial charge on any atom is -0.362 e. The van der Waals surface area contributed by atoms with Crippen molar-refractivity contribution in [3.05, 3.63) is 90.1 Å². The fraction of sp³-hybridized carbons (Fsp3) is 0.333. The Hall–Kier alpha value is -3.02. The summed E-state index contributed by atoms with van der Waals surface area (Å²) >= 11 is 0. The topological polar surface area (TPSA) is 45.7 Å². The summed E-state index contributed by atoms with van der Waals surface area (Å²) in [6.07, 6.45) is 7.57. The summed E-state index contributed by atoms with van der Waals surface area (Å²) in [6, 6.07) is 20.7. The van der Waals surface area contributed by atoms with E-state index in [1.807, 2.05) is 41.4 Å². The molecule has 0 bridgehead atoms. The number of fused-ring (bicyclic) bond motifs is 1. The first-order valence-electron chi connectivity index (χ1n) is 11.4. The molecule has 164 valence electrons. The van der Waals surface area contributed by atoms with Gasteiger partial charge >= 0.3 is 0 Å². The molecule has 5 rings (SSSR count). The standard InChI is InChI=1S/C27H29N3O2/c31-26-27(14-6-7-16-30(26)17-13-22-8-2-1-3-9-22)21-29(18-19-32-27)20-23-12-15-28-25-11-5-4-10-24(23)25/h1-12,15H,13-14,16-21H2. The quantitative estimate of drug-likeness (QED) is 0.581. The molecular weight excluding hydrogens is 398 g/mol. The third-order valence-electron chi connectivity index (χ3n) is 6.53. The molecule has 1 aromatic heterocycles. The molecule has 3 heterocycles. The van der Waals surface area contributed by atoms with Crippen LogP contribution in [0, 0.1) is 0 Å². The highest BCUT2D eigenvalue weighted by molar-refractivity contribution is 5.86. The Labute approximate surface area is 189 Å². The molecule has 0 saturated carbocycles. The first-order valence-corrected chi connectivity index (χ1v) is 11.4. The van der Waals surface area contributed by atoms with Gasteiger partial charge in [-0.2, -0.15) is 0 Å². The summed E-state index contributed by atoms with van der Waals surface area (Å²) in [5, 5.41) is 1.17. The van der Waals surface area contributed by atoms with Gasteiger partial charge in [-0.1, -0.05) is 60.7 Å². The first kappa shape index (κ1) is 20.9. The molecule has 1 fully saturated rings. The summed E-state index contributed by atoms with van der Waals surface area (Å²) in [5.41, 5.74) is 2.70. The number of nitrogens with zero attached hydrogens (tertiary/aromatic N) is 3. The van der Waals surface area contributed by atoms with Crippen molar-refractivity contribution in [1.29, 1.82) is 0 Å². The molecule has 32 heavy (non-hydrogen) atoms. The van der Waals surface area contributed by atoms with Crippen LogP contribution in [0.5, 0.6) is 0 Å². The Balaban J connectivity index is 1.32. The SMILES string of the molecule is O=C1N(CCc2ccccc2)CC=CCC12CN(Cc1ccnc3ccccc13)CCO2. The van der Waals surface area contributed by atoms with Crippen molar-refractivity contribution < 1.29 is 9.53 Å². The Bertz CT molecular complexity index is 1110. The molecule has 1 amide bonds. The molecule has 0 N–H and O–H groups in total. The van der Waals surface area contributed by atoms with Crippen molar-refractivity contribution in [2.45, 2.75) is 25.0 Å². The second kappa shape index (κ2) is 9.23. The molecule has 0 radical (unpaired) electrons.